The highest BCUT2D eigenvalue weighted by atomic mass is 16.1. The molecule has 0 radical (unpaired) electrons. The van der Waals surface area contributed by atoms with Gasteiger partial charge in [-0.1, -0.05) is 82.5 Å². The van der Waals surface area contributed by atoms with Gasteiger partial charge in [0.15, 0.2) is 5.78 Å². The zero-order valence-corrected chi connectivity index (χ0v) is 16.8. The molecule has 2 aromatic carbocycles. The Kier molecular flexibility index (Phi) is 8.61. The molecule has 1 heteroatoms. The molecule has 0 saturated carbocycles. The average molecular weight is 351 g/mol. The first-order valence-corrected chi connectivity index (χ1v) is 10.5. The Morgan fingerprint density at radius 3 is 1.88 bits per heavy atom. The molecule has 0 saturated heterocycles. The van der Waals surface area contributed by atoms with Crippen LogP contribution >= 0.6 is 0 Å². The van der Waals surface area contributed by atoms with Crippen LogP contribution in [0.4, 0.5) is 0 Å². The fourth-order valence-electron chi connectivity index (χ4n) is 3.60. The average Bonchev–Trinajstić information content (AvgIpc) is 2.69. The van der Waals surface area contributed by atoms with Gasteiger partial charge in [0.05, 0.1) is 0 Å². The highest BCUT2D eigenvalue weighted by Crippen LogP contribution is 2.27. The summed E-state index contributed by atoms with van der Waals surface area (Å²) in [5.74, 6) is 0.177. The number of carbonyl (C=O) groups excluding carboxylic acids is 1. The van der Waals surface area contributed by atoms with Crippen LogP contribution in [0.5, 0.6) is 0 Å². The van der Waals surface area contributed by atoms with Crippen LogP contribution in [-0.4, -0.2) is 5.78 Å². The maximum atomic E-state index is 13.2. The zero-order chi connectivity index (χ0) is 18.8. The van der Waals surface area contributed by atoms with Crippen molar-refractivity contribution < 1.29 is 4.79 Å². The van der Waals surface area contributed by atoms with Gasteiger partial charge in [-0.3, -0.25) is 4.79 Å². The maximum Gasteiger partial charge on any atom is 0.193 e. The van der Waals surface area contributed by atoms with Crippen LogP contribution in [0.3, 0.4) is 0 Å². The van der Waals surface area contributed by atoms with Crippen LogP contribution in [0.15, 0.2) is 42.5 Å². The molecule has 0 unspecified atom stereocenters. The van der Waals surface area contributed by atoms with E-state index in [-0.39, 0.29) is 5.78 Å². The lowest BCUT2D eigenvalue weighted by molar-refractivity contribution is 0.103. The largest absolute Gasteiger partial charge is 0.289 e. The molecule has 0 heterocycles. The molecule has 0 aliphatic heterocycles. The van der Waals surface area contributed by atoms with Crippen molar-refractivity contribution in [3.63, 3.8) is 0 Å². The first-order valence-electron chi connectivity index (χ1n) is 10.5. The van der Waals surface area contributed by atoms with Crippen molar-refractivity contribution in [1.29, 1.82) is 0 Å². The SMILES string of the molecule is CCCCc1ccc(C(=O)c2ccccc2)c(CCCC)c1CCCC. The van der Waals surface area contributed by atoms with Crippen molar-refractivity contribution in [2.45, 2.75) is 78.6 Å². The van der Waals surface area contributed by atoms with Crippen molar-refractivity contribution >= 4 is 5.78 Å². The molecular weight excluding hydrogens is 316 g/mol. The minimum absolute atomic E-state index is 0.177. The first kappa shape index (κ1) is 20.4. The summed E-state index contributed by atoms with van der Waals surface area (Å²) in [6, 6.07) is 14.1. The van der Waals surface area contributed by atoms with Gasteiger partial charge in [0.25, 0.3) is 0 Å². The molecule has 2 rings (SSSR count). The number of ketones is 1. The number of hydrogen-bond acceptors (Lipinski definition) is 1. The second-order valence-corrected chi connectivity index (χ2v) is 7.24. The van der Waals surface area contributed by atoms with Gasteiger partial charge in [-0.05, 0) is 55.2 Å². The fourth-order valence-corrected chi connectivity index (χ4v) is 3.60. The molecule has 1 nitrogen and oxygen atoms in total. The number of unbranched alkanes of at least 4 members (excludes halogenated alkanes) is 3. The molecule has 140 valence electrons. The van der Waals surface area contributed by atoms with Gasteiger partial charge in [-0.25, -0.2) is 0 Å². The van der Waals surface area contributed by atoms with Gasteiger partial charge in [0.2, 0.25) is 0 Å². The summed E-state index contributed by atoms with van der Waals surface area (Å²) in [5.41, 5.74) is 5.98. The minimum Gasteiger partial charge on any atom is -0.289 e. The summed E-state index contributed by atoms with van der Waals surface area (Å²) in [7, 11) is 0. The van der Waals surface area contributed by atoms with Crippen LogP contribution in [0.1, 0.15) is 91.9 Å². The van der Waals surface area contributed by atoms with E-state index < -0.39 is 0 Å². The van der Waals surface area contributed by atoms with Crippen LogP contribution in [0.2, 0.25) is 0 Å². The van der Waals surface area contributed by atoms with E-state index in [0.717, 1.165) is 43.2 Å². The standard InChI is InChI=1S/C25H34O/c1-4-7-13-20-18-19-24(25(26)21-14-11-10-12-15-21)23(17-9-6-3)22(20)16-8-5-2/h10-12,14-15,18-19H,4-9,13,16-17H2,1-3H3. The van der Waals surface area contributed by atoms with Crippen molar-refractivity contribution in [2.24, 2.45) is 0 Å². The van der Waals surface area contributed by atoms with Crippen LogP contribution in [0, 0.1) is 0 Å². The van der Waals surface area contributed by atoms with Gasteiger partial charge in [0.1, 0.15) is 0 Å². The van der Waals surface area contributed by atoms with Crippen molar-refractivity contribution in [3.05, 3.63) is 70.3 Å². The predicted octanol–water partition coefficient (Wildman–Crippen LogP) is 6.95. The van der Waals surface area contributed by atoms with Crippen molar-refractivity contribution in [3.8, 4) is 0 Å². The van der Waals surface area contributed by atoms with Crippen LogP contribution in [-0.2, 0) is 19.3 Å². The summed E-state index contributed by atoms with van der Waals surface area (Å²) < 4.78 is 0. The Hall–Kier alpha value is -1.89. The number of benzene rings is 2. The number of carbonyl (C=O) groups is 1. The maximum absolute atomic E-state index is 13.2. The van der Waals surface area contributed by atoms with E-state index in [2.05, 4.69) is 32.9 Å². The van der Waals surface area contributed by atoms with Gasteiger partial charge in [0, 0.05) is 11.1 Å². The second kappa shape index (κ2) is 11.0. The van der Waals surface area contributed by atoms with Crippen LogP contribution < -0.4 is 0 Å². The Bertz CT molecular complexity index is 685. The third-order valence-electron chi connectivity index (χ3n) is 5.17. The highest BCUT2D eigenvalue weighted by Gasteiger charge is 2.18. The Balaban J connectivity index is 2.49. The summed E-state index contributed by atoms with van der Waals surface area (Å²) in [6.07, 6.45) is 10.4. The molecule has 2 aromatic rings. The molecule has 0 aliphatic rings. The third-order valence-corrected chi connectivity index (χ3v) is 5.17. The molecule has 0 amide bonds. The molecule has 0 aromatic heterocycles. The van der Waals surface area contributed by atoms with E-state index in [4.69, 9.17) is 0 Å². The molecular formula is C25H34O. The smallest absolute Gasteiger partial charge is 0.193 e. The molecule has 0 bridgehead atoms. The monoisotopic (exact) mass is 350 g/mol. The number of aryl methyl sites for hydroxylation is 1. The normalized spacial score (nSPS) is 10.9. The van der Waals surface area contributed by atoms with Gasteiger partial charge in [-0.2, -0.15) is 0 Å². The number of hydrogen-bond donors (Lipinski definition) is 0. The highest BCUT2D eigenvalue weighted by molar-refractivity contribution is 6.10. The van der Waals surface area contributed by atoms with E-state index >= 15 is 0 Å². The summed E-state index contributed by atoms with van der Waals surface area (Å²) in [6.45, 7) is 6.72. The van der Waals surface area contributed by atoms with E-state index in [1.807, 2.05) is 30.3 Å². The summed E-state index contributed by atoms with van der Waals surface area (Å²) in [4.78, 5) is 13.2. The molecule has 0 fully saturated rings. The molecule has 0 N–H and O–H groups in total. The quantitative estimate of drug-likeness (QED) is 0.401. The van der Waals surface area contributed by atoms with E-state index in [1.54, 1.807) is 0 Å². The van der Waals surface area contributed by atoms with Gasteiger partial charge >= 0.3 is 0 Å². The lowest BCUT2D eigenvalue weighted by Gasteiger charge is -2.19. The first-order chi connectivity index (χ1) is 12.7. The fraction of sp³-hybridized carbons (Fsp3) is 0.480. The minimum atomic E-state index is 0.177. The van der Waals surface area contributed by atoms with Crippen molar-refractivity contribution in [1.82, 2.24) is 0 Å². The van der Waals surface area contributed by atoms with Gasteiger partial charge in [-0.15, -0.1) is 0 Å². The molecule has 0 spiro atoms. The van der Waals surface area contributed by atoms with Gasteiger partial charge < -0.3 is 0 Å². The third kappa shape index (κ3) is 5.30. The molecule has 0 aliphatic carbocycles. The lowest BCUT2D eigenvalue weighted by atomic mass is 9.85. The van der Waals surface area contributed by atoms with E-state index in [1.165, 1.54) is 42.4 Å². The van der Waals surface area contributed by atoms with E-state index in [0.29, 0.717) is 0 Å². The Morgan fingerprint density at radius 2 is 1.27 bits per heavy atom. The second-order valence-electron chi connectivity index (χ2n) is 7.24. The number of rotatable bonds is 11. The predicted molar refractivity (Wildman–Crippen MR) is 112 cm³/mol. The lowest BCUT2D eigenvalue weighted by Crippen LogP contribution is -2.11. The summed E-state index contributed by atoms with van der Waals surface area (Å²) in [5, 5.41) is 0. The Labute approximate surface area is 159 Å². The summed E-state index contributed by atoms with van der Waals surface area (Å²) >= 11 is 0. The van der Waals surface area contributed by atoms with E-state index in [9.17, 15) is 4.79 Å². The topological polar surface area (TPSA) is 17.1 Å². The molecule has 0 atom stereocenters. The van der Waals surface area contributed by atoms with Crippen LogP contribution in [0.25, 0.3) is 0 Å². The Morgan fingerprint density at radius 1 is 0.692 bits per heavy atom. The molecule has 26 heavy (non-hydrogen) atoms. The van der Waals surface area contributed by atoms with Crippen molar-refractivity contribution in [2.75, 3.05) is 0 Å². The zero-order valence-electron chi connectivity index (χ0n) is 16.8.